The Kier molecular flexibility index (Phi) is 4.03. The van der Waals surface area contributed by atoms with Gasteiger partial charge in [-0.05, 0) is 41.0 Å². The average molecular weight is 337 g/mol. The van der Waals surface area contributed by atoms with Crippen LogP contribution in [0.3, 0.4) is 0 Å². The van der Waals surface area contributed by atoms with Crippen LogP contribution < -0.4 is 0 Å². The molecule has 0 N–H and O–H groups in total. The van der Waals surface area contributed by atoms with Crippen molar-refractivity contribution in [3.8, 4) is 0 Å². The van der Waals surface area contributed by atoms with E-state index in [-0.39, 0.29) is 10.2 Å². The largest absolute Gasteiger partial charge is 0.114 e. The van der Waals surface area contributed by atoms with Gasteiger partial charge in [-0.15, -0.1) is 11.8 Å². The Labute approximate surface area is 151 Å². The third-order valence-corrected chi connectivity index (χ3v) is 7.44. The maximum Gasteiger partial charge on any atom is 0.0458 e. The van der Waals surface area contributed by atoms with Crippen molar-refractivity contribution in [1.82, 2.24) is 0 Å². The third kappa shape index (κ3) is 2.62. The summed E-state index contributed by atoms with van der Waals surface area (Å²) in [5, 5.41) is 0. The van der Waals surface area contributed by atoms with E-state index in [1.54, 1.807) is 11.1 Å². The van der Waals surface area contributed by atoms with Crippen LogP contribution in [-0.4, -0.2) is 0 Å². The van der Waals surface area contributed by atoms with Gasteiger partial charge in [-0.2, -0.15) is 0 Å². The van der Waals surface area contributed by atoms with Crippen molar-refractivity contribution in [3.63, 3.8) is 0 Å². The molecule has 4 rings (SSSR count). The molecule has 1 spiro atoms. The molecule has 1 atom stereocenters. The lowest BCUT2D eigenvalue weighted by Crippen LogP contribution is -2.27. The maximum atomic E-state index is 2.43. The van der Waals surface area contributed by atoms with Crippen LogP contribution in [0.2, 0.25) is 0 Å². The van der Waals surface area contributed by atoms with Gasteiger partial charge < -0.3 is 0 Å². The second kappa shape index (κ2) is 5.95. The molecule has 2 aromatic carbocycles. The van der Waals surface area contributed by atoms with E-state index in [0.717, 1.165) is 0 Å². The van der Waals surface area contributed by atoms with Gasteiger partial charge in [-0.3, -0.25) is 0 Å². The number of hydrogen-bond donors (Lipinski definition) is 0. The summed E-state index contributed by atoms with van der Waals surface area (Å²) >= 11 is 2.16. The second-order valence-corrected chi connectivity index (χ2v) is 10.0. The molecule has 2 aliphatic rings. The van der Waals surface area contributed by atoms with Crippen molar-refractivity contribution in [1.29, 1.82) is 0 Å². The summed E-state index contributed by atoms with van der Waals surface area (Å²) in [4.78, 5) is 1.51. The minimum Gasteiger partial charge on any atom is -0.114 e. The van der Waals surface area contributed by atoms with E-state index < -0.39 is 0 Å². The molecule has 126 valence electrons. The molecule has 1 fully saturated rings. The van der Waals surface area contributed by atoms with Crippen LogP contribution in [-0.2, 0) is 4.75 Å². The second-order valence-electron chi connectivity index (χ2n) is 8.58. The molecule has 0 amide bonds. The molecule has 0 radical (unpaired) electrons. The van der Waals surface area contributed by atoms with Crippen LogP contribution in [0.25, 0.3) is 0 Å². The van der Waals surface area contributed by atoms with E-state index in [9.17, 15) is 0 Å². The first-order valence-electron chi connectivity index (χ1n) is 9.39. The Morgan fingerprint density at radius 2 is 1.46 bits per heavy atom. The molecule has 2 aromatic rings. The van der Waals surface area contributed by atoms with E-state index in [1.165, 1.54) is 42.6 Å². The maximum absolute atomic E-state index is 2.43. The number of fused-ring (bicyclic) bond motifs is 3. The Morgan fingerprint density at radius 3 is 2.17 bits per heavy atom. The lowest BCUT2D eigenvalue weighted by molar-refractivity contribution is 0.349. The monoisotopic (exact) mass is 336 g/mol. The fourth-order valence-electron chi connectivity index (χ4n) is 4.84. The first kappa shape index (κ1) is 16.3. The van der Waals surface area contributed by atoms with Crippen LogP contribution in [0.1, 0.15) is 75.5 Å². The van der Waals surface area contributed by atoms with Gasteiger partial charge in [-0.25, -0.2) is 0 Å². The number of benzene rings is 2. The zero-order valence-corrected chi connectivity index (χ0v) is 16.0. The van der Waals surface area contributed by atoms with Gasteiger partial charge in [0.05, 0.1) is 0 Å². The van der Waals surface area contributed by atoms with E-state index in [4.69, 9.17) is 0 Å². The highest BCUT2D eigenvalue weighted by Crippen LogP contribution is 2.59. The lowest BCUT2D eigenvalue weighted by atomic mass is 9.69. The molecule has 1 aliphatic heterocycles. The van der Waals surface area contributed by atoms with Gasteiger partial charge in [0, 0.05) is 15.6 Å². The smallest absolute Gasteiger partial charge is 0.0458 e. The Bertz CT molecular complexity index is 732. The van der Waals surface area contributed by atoms with Crippen molar-refractivity contribution in [2.75, 3.05) is 0 Å². The van der Waals surface area contributed by atoms with E-state index in [0.29, 0.717) is 5.92 Å². The molecule has 0 aromatic heterocycles. The minimum absolute atomic E-state index is 0.215. The fraction of sp³-hybridized carbons (Fsp3) is 0.478. The highest BCUT2D eigenvalue weighted by atomic mass is 32.2. The average Bonchev–Trinajstić information content (AvgIpc) is 2.68. The predicted octanol–water partition coefficient (Wildman–Crippen LogP) is 7.13. The predicted molar refractivity (Wildman–Crippen MR) is 105 cm³/mol. The van der Waals surface area contributed by atoms with Crippen LogP contribution in [0.5, 0.6) is 0 Å². The van der Waals surface area contributed by atoms with Crippen LogP contribution in [0.15, 0.2) is 53.4 Å². The van der Waals surface area contributed by atoms with Crippen molar-refractivity contribution in [2.45, 2.75) is 68.4 Å². The topological polar surface area (TPSA) is 0 Å². The molecule has 1 unspecified atom stereocenters. The molecule has 24 heavy (non-hydrogen) atoms. The molecule has 0 saturated heterocycles. The highest BCUT2D eigenvalue weighted by Gasteiger charge is 2.43. The minimum atomic E-state index is 0.215. The molecule has 1 aliphatic carbocycles. The summed E-state index contributed by atoms with van der Waals surface area (Å²) in [7, 11) is 0. The van der Waals surface area contributed by atoms with E-state index >= 15 is 0 Å². The number of hydrogen-bond acceptors (Lipinski definition) is 1. The summed E-state index contributed by atoms with van der Waals surface area (Å²) in [6.07, 6.45) is 6.77. The van der Waals surface area contributed by atoms with Crippen LogP contribution in [0, 0.1) is 5.41 Å². The van der Waals surface area contributed by atoms with Gasteiger partial charge in [-0.1, -0.05) is 82.5 Å². The summed E-state index contributed by atoms with van der Waals surface area (Å²) < 4.78 is 0.283. The lowest BCUT2D eigenvalue weighted by Gasteiger charge is -2.38. The quantitative estimate of drug-likeness (QED) is 0.493. The molecule has 1 heterocycles. The van der Waals surface area contributed by atoms with Gasteiger partial charge in [0.15, 0.2) is 0 Å². The first-order valence-corrected chi connectivity index (χ1v) is 10.2. The normalized spacial score (nSPS) is 22.5. The van der Waals surface area contributed by atoms with Gasteiger partial charge >= 0.3 is 0 Å². The zero-order chi connectivity index (χ0) is 16.8. The van der Waals surface area contributed by atoms with Crippen LogP contribution in [0.4, 0.5) is 0 Å². The summed E-state index contributed by atoms with van der Waals surface area (Å²) in [6.45, 7) is 7.19. The van der Waals surface area contributed by atoms with Crippen molar-refractivity contribution in [3.05, 3.63) is 65.2 Å². The Balaban J connectivity index is 2.00. The molecule has 1 heteroatoms. The Morgan fingerprint density at radius 1 is 0.833 bits per heavy atom. The molecular weight excluding hydrogens is 308 g/mol. The standard InChI is InChI=1S/C23H28S/c1-22(2,3)21-17-11-5-7-13-19(17)23(15-9-4-10-16-23)24-20-14-8-6-12-18(20)21/h5-8,11-14,21H,4,9-10,15-16H2,1-3H3. The number of thioether (sulfide) groups is 1. The first-order chi connectivity index (χ1) is 11.5. The summed E-state index contributed by atoms with van der Waals surface area (Å²) in [5.74, 6) is 0.471. The van der Waals surface area contributed by atoms with Crippen molar-refractivity contribution < 1.29 is 0 Å². The molecular formula is C23H28S. The molecule has 0 bridgehead atoms. The van der Waals surface area contributed by atoms with Gasteiger partial charge in [0.1, 0.15) is 0 Å². The summed E-state index contributed by atoms with van der Waals surface area (Å²) in [6, 6.07) is 18.5. The molecule has 1 saturated carbocycles. The fourth-order valence-corrected chi connectivity index (χ4v) is 6.50. The summed E-state index contributed by atoms with van der Waals surface area (Å²) in [5.41, 5.74) is 4.94. The Hall–Kier alpha value is -1.21. The van der Waals surface area contributed by atoms with Crippen molar-refractivity contribution >= 4 is 11.8 Å². The van der Waals surface area contributed by atoms with Gasteiger partial charge in [0.2, 0.25) is 0 Å². The third-order valence-electron chi connectivity index (χ3n) is 5.83. The van der Waals surface area contributed by atoms with Crippen LogP contribution >= 0.6 is 11.8 Å². The zero-order valence-electron chi connectivity index (χ0n) is 15.1. The number of rotatable bonds is 0. The van der Waals surface area contributed by atoms with Gasteiger partial charge in [0.25, 0.3) is 0 Å². The molecule has 0 nitrogen and oxygen atoms in total. The van der Waals surface area contributed by atoms with E-state index in [2.05, 4.69) is 81.1 Å². The van der Waals surface area contributed by atoms with Crippen molar-refractivity contribution in [2.24, 2.45) is 5.41 Å². The van der Waals surface area contributed by atoms with E-state index in [1.807, 2.05) is 0 Å². The highest BCUT2D eigenvalue weighted by molar-refractivity contribution is 8.00. The SMILES string of the molecule is CC(C)(C)C1c2ccccc2SC2(CCCCC2)c2ccccc21.